The molecule has 0 unspecified atom stereocenters. The van der Waals surface area contributed by atoms with Gasteiger partial charge >= 0.3 is 6.03 Å². The van der Waals surface area contributed by atoms with E-state index in [2.05, 4.69) is 22.8 Å². The molecule has 7 heteroatoms. The van der Waals surface area contributed by atoms with Gasteiger partial charge in [0.05, 0.1) is 7.11 Å². The number of benzene rings is 1. The van der Waals surface area contributed by atoms with Crippen LogP contribution in [-0.4, -0.2) is 57.8 Å². The van der Waals surface area contributed by atoms with Gasteiger partial charge in [-0.3, -0.25) is 10.1 Å². The van der Waals surface area contributed by atoms with E-state index >= 15 is 0 Å². The minimum atomic E-state index is -0.396. The molecule has 1 atom stereocenters. The quantitative estimate of drug-likeness (QED) is 0.481. The maximum atomic E-state index is 12.0. The second-order valence-electron chi connectivity index (χ2n) is 7.03. The molecule has 2 rings (SSSR count). The van der Waals surface area contributed by atoms with E-state index < -0.39 is 6.03 Å². The molecule has 144 valence electrons. The Balaban J connectivity index is 1.69. The first kappa shape index (κ1) is 20.2. The Morgan fingerprint density at radius 3 is 2.31 bits per heavy atom. The van der Waals surface area contributed by atoms with Gasteiger partial charge in [0.25, 0.3) is 5.91 Å². The molecule has 26 heavy (non-hydrogen) atoms. The Labute approximate surface area is 155 Å². The summed E-state index contributed by atoms with van der Waals surface area (Å²) in [6.45, 7) is 9.16. The number of piperazine rings is 1. The van der Waals surface area contributed by atoms with Gasteiger partial charge in [0.15, 0.2) is 6.54 Å². The fourth-order valence-electron chi connectivity index (χ4n) is 3.10. The van der Waals surface area contributed by atoms with E-state index in [1.165, 1.54) is 15.4 Å². The molecule has 1 heterocycles. The first-order chi connectivity index (χ1) is 12.5. The summed E-state index contributed by atoms with van der Waals surface area (Å²) in [7, 11) is 1.67. The molecule has 1 aromatic carbocycles. The van der Waals surface area contributed by atoms with Crippen molar-refractivity contribution in [1.29, 1.82) is 0 Å². The summed E-state index contributed by atoms with van der Waals surface area (Å²) in [6.07, 6.45) is 0.839. The zero-order chi connectivity index (χ0) is 18.9. The van der Waals surface area contributed by atoms with Crippen LogP contribution in [0.5, 0.6) is 5.75 Å². The topological polar surface area (TPSA) is 76.3 Å². The number of urea groups is 1. The molecule has 0 radical (unpaired) electrons. The van der Waals surface area contributed by atoms with Crippen LogP contribution in [0.4, 0.5) is 4.79 Å². The molecule has 1 fully saturated rings. The van der Waals surface area contributed by atoms with Crippen molar-refractivity contribution in [1.82, 2.24) is 10.6 Å². The second-order valence-corrected chi connectivity index (χ2v) is 7.03. The summed E-state index contributed by atoms with van der Waals surface area (Å²) in [5.74, 6) is 0.667. The summed E-state index contributed by atoms with van der Waals surface area (Å²) in [5, 5.41) is 5.17. The normalized spacial score (nSPS) is 20.9. The molecule has 0 aliphatic carbocycles. The predicted octanol–water partition coefficient (Wildman–Crippen LogP) is -1.40. The number of rotatable bonds is 7. The number of quaternary nitrogens is 2. The standard InChI is InChI=1S/C19H30N4O3/c1-4-15(2)20-19(25)21-18(24)14-23-11-9-22(10-12-23)13-16-5-7-17(26-3)8-6-16/h5-8,15H,4,9-14H2,1-3H3,(H2,20,21,24,25)/p+2/t15-/m1/s1. The third-order valence-electron chi connectivity index (χ3n) is 4.93. The van der Waals surface area contributed by atoms with E-state index in [0.717, 1.165) is 44.9 Å². The van der Waals surface area contributed by atoms with Gasteiger partial charge in [-0.05, 0) is 37.6 Å². The lowest BCUT2D eigenvalue weighted by molar-refractivity contribution is -1.02. The first-order valence-corrected chi connectivity index (χ1v) is 9.40. The summed E-state index contributed by atoms with van der Waals surface area (Å²) in [5.41, 5.74) is 1.30. The van der Waals surface area contributed by atoms with Gasteiger partial charge in [-0.2, -0.15) is 0 Å². The number of carbonyl (C=O) groups excluding carboxylic acids is 2. The molecule has 1 saturated heterocycles. The van der Waals surface area contributed by atoms with Crippen molar-refractivity contribution in [3.63, 3.8) is 0 Å². The number of carbonyl (C=O) groups is 2. The second kappa shape index (κ2) is 10.1. The molecule has 0 spiro atoms. The molecular weight excluding hydrogens is 332 g/mol. The summed E-state index contributed by atoms with van der Waals surface area (Å²) < 4.78 is 5.19. The van der Waals surface area contributed by atoms with Gasteiger partial charge in [-0.1, -0.05) is 6.92 Å². The first-order valence-electron chi connectivity index (χ1n) is 9.40. The minimum absolute atomic E-state index is 0.0697. The fourth-order valence-corrected chi connectivity index (χ4v) is 3.10. The van der Waals surface area contributed by atoms with Crippen molar-refractivity contribution in [3.05, 3.63) is 29.8 Å². The van der Waals surface area contributed by atoms with Gasteiger partial charge in [-0.25, -0.2) is 4.79 Å². The number of hydrogen-bond donors (Lipinski definition) is 4. The highest BCUT2D eigenvalue weighted by Crippen LogP contribution is 2.10. The number of imide groups is 1. The third kappa shape index (κ3) is 6.65. The molecule has 3 amide bonds. The van der Waals surface area contributed by atoms with Crippen LogP contribution >= 0.6 is 0 Å². The predicted molar refractivity (Wildman–Crippen MR) is 99.4 cm³/mol. The maximum Gasteiger partial charge on any atom is 0.321 e. The van der Waals surface area contributed by atoms with Crippen molar-refractivity contribution in [3.8, 4) is 5.75 Å². The van der Waals surface area contributed by atoms with E-state index in [1.807, 2.05) is 26.0 Å². The largest absolute Gasteiger partial charge is 0.497 e. The lowest BCUT2D eigenvalue weighted by Crippen LogP contribution is -3.28. The van der Waals surface area contributed by atoms with Crippen LogP contribution in [0.1, 0.15) is 25.8 Å². The molecule has 0 bridgehead atoms. The van der Waals surface area contributed by atoms with Crippen LogP contribution in [0.25, 0.3) is 0 Å². The SMILES string of the molecule is CC[C@@H](C)NC(=O)NC(=O)C[NH+]1CC[NH+](Cc2ccc(OC)cc2)CC1. The summed E-state index contributed by atoms with van der Waals surface area (Å²) >= 11 is 0. The van der Waals surface area contributed by atoms with Gasteiger partial charge < -0.3 is 19.9 Å². The molecular formula is C19H32N4O3+2. The van der Waals surface area contributed by atoms with E-state index in [0.29, 0.717) is 6.54 Å². The number of methoxy groups -OCH3 is 1. The highest BCUT2D eigenvalue weighted by Gasteiger charge is 2.25. The number of hydrogen-bond acceptors (Lipinski definition) is 3. The monoisotopic (exact) mass is 364 g/mol. The molecule has 1 aromatic rings. The van der Waals surface area contributed by atoms with Gasteiger partial charge in [0.2, 0.25) is 0 Å². The zero-order valence-corrected chi connectivity index (χ0v) is 16.1. The number of ether oxygens (including phenoxy) is 1. The van der Waals surface area contributed by atoms with Crippen molar-refractivity contribution < 1.29 is 24.1 Å². The highest BCUT2D eigenvalue weighted by molar-refractivity contribution is 5.94. The lowest BCUT2D eigenvalue weighted by atomic mass is 10.2. The Hall–Kier alpha value is -2.12. The van der Waals surface area contributed by atoms with Crippen LogP contribution in [0.15, 0.2) is 24.3 Å². The van der Waals surface area contributed by atoms with E-state index in [-0.39, 0.29) is 11.9 Å². The van der Waals surface area contributed by atoms with E-state index in [4.69, 9.17) is 4.74 Å². The van der Waals surface area contributed by atoms with Crippen LogP contribution in [-0.2, 0) is 11.3 Å². The van der Waals surface area contributed by atoms with Crippen LogP contribution in [0, 0.1) is 0 Å². The molecule has 1 aliphatic rings. The Morgan fingerprint density at radius 2 is 1.73 bits per heavy atom. The van der Waals surface area contributed by atoms with E-state index in [9.17, 15) is 9.59 Å². The smallest absolute Gasteiger partial charge is 0.321 e. The van der Waals surface area contributed by atoms with Gasteiger partial charge in [-0.15, -0.1) is 0 Å². The van der Waals surface area contributed by atoms with Crippen LogP contribution in [0.2, 0.25) is 0 Å². The average molecular weight is 364 g/mol. The fraction of sp³-hybridized carbons (Fsp3) is 0.579. The summed E-state index contributed by atoms with van der Waals surface area (Å²) in [4.78, 5) is 26.5. The molecule has 0 aromatic heterocycles. The van der Waals surface area contributed by atoms with Crippen LogP contribution in [0.3, 0.4) is 0 Å². The molecule has 7 nitrogen and oxygen atoms in total. The molecule has 1 aliphatic heterocycles. The number of amides is 3. The van der Waals surface area contributed by atoms with Gasteiger partial charge in [0.1, 0.15) is 38.5 Å². The van der Waals surface area contributed by atoms with Crippen LogP contribution < -0.4 is 25.2 Å². The Bertz CT molecular complexity index is 583. The van der Waals surface area contributed by atoms with Crippen molar-refractivity contribution in [2.75, 3.05) is 39.8 Å². The van der Waals surface area contributed by atoms with Gasteiger partial charge in [0, 0.05) is 11.6 Å². The van der Waals surface area contributed by atoms with Crippen molar-refractivity contribution in [2.45, 2.75) is 32.9 Å². The minimum Gasteiger partial charge on any atom is -0.497 e. The molecule has 4 N–H and O–H groups in total. The third-order valence-corrected chi connectivity index (χ3v) is 4.93. The summed E-state index contributed by atoms with van der Waals surface area (Å²) in [6, 6.07) is 7.87. The lowest BCUT2D eigenvalue weighted by Gasteiger charge is -2.29. The highest BCUT2D eigenvalue weighted by atomic mass is 16.5. The number of nitrogens with one attached hydrogen (secondary N) is 4. The van der Waals surface area contributed by atoms with Crippen molar-refractivity contribution >= 4 is 11.9 Å². The Morgan fingerprint density at radius 1 is 1.12 bits per heavy atom. The Kier molecular flexibility index (Phi) is 7.87. The van der Waals surface area contributed by atoms with E-state index in [1.54, 1.807) is 7.11 Å². The molecule has 0 saturated carbocycles. The van der Waals surface area contributed by atoms with Crippen molar-refractivity contribution in [2.24, 2.45) is 0 Å². The zero-order valence-electron chi connectivity index (χ0n) is 16.1. The average Bonchev–Trinajstić information content (AvgIpc) is 2.63. The maximum absolute atomic E-state index is 12.0.